The molecule has 0 aliphatic heterocycles. The summed E-state index contributed by atoms with van der Waals surface area (Å²) in [4.78, 5) is 35.5. The number of hydrogen-bond acceptors (Lipinski definition) is 6. The number of carbonyl (C=O) groups is 3. The van der Waals surface area contributed by atoms with Crippen molar-refractivity contribution >= 4 is 33.2 Å². The molecule has 0 aliphatic rings. The molecule has 1 rings (SSSR count). The van der Waals surface area contributed by atoms with E-state index >= 15 is 0 Å². The number of para-hydroxylation sites is 1. The maximum absolute atomic E-state index is 12.5. The summed E-state index contributed by atoms with van der Waals surface area (Å²) in [7, 11) is -4.02. The van der Waals surface area contributed by atoms with Crippen molar-refractivity contribution in [1.82, 2.24) is 0 Å². The number of ether oxygens (including phenoxy) is 1. The molecule has 120 valence electrons. The van der Waals surface area contributed by atoms with Crippen molar-refractivity contribution in [3.05, 3.63) is 29.8 Å². The first-order chi connectivity index (χ1) is 10.2. The van der Waals surface area contributed by atoms with Gasteiger partial charge in [0.25, 0.3) is 0 Å². The topological polar surface area (TPSA) is 107 Å². The molecule has 1 unspecified atom stereocenters. The summed E-state index contributed by atoms with van der Waals surface area (Å²) in [5, 5.41) is 0.469. The maximum atomic E-state index is 12.5. The fourth-order valence-corrected chi connectivity index (χ4v) is 2.77. The van der Waals surface area contributed by atoms with E-state index in [4.69, 9.17) is 0 Å². The average molecular weight is 327 g/mol. The molecule has 22 heavy (non-hydrogen) atoms. The molecular weight excluding hydrogens is 310 g/mol. The lowest BCUT2D eigenvalue weighted by Crippen LogP contribution is -2.39. The Balaban J connectivity index is 3.32. The lowest BCUT2D eigenvalue weighted by Gasteiger charge is -2.15. The lowest BCUT2D eigenvalue weighted by molar-refractivity contribution is -0.141. The smallest absolute Gasteiger partial charge is 0.332 e. The maximum Gasteiger partial charge on any atom is 0.332 e. The number of nitrogens with one attached hydrogen (secondary N) is 1. The highest BCUT2D eigenvalue weighted by Gasteiger charge is 2.39. The molecule has 0 fully saturated rings. The second kappa shape index (κ2) is 7.17. The Bertz CT molecular complexity index is 695. The molecule has 0 aliphatic carbocycles. The molecule has 0 bridgehead atoms. The highest BCUT2D eigenvalue weighted by Crippen LogP contribution is 2.20. The van der Waals surface area contributed by atoms with Gasteiger partial charge in [0.15, 0.2) is 15.6 Å². The molecule has 7 nitrogen and oxygen atoms in total. The van der Waals surface area contributed by atoms with Crippen LogP contribution in [0.15, 0.2) is 24.3 Å². The molecule has 0 heterocycles. The third kappa shape index (κ3) is 4.39. The van der Waals surface area contributed by atoms with Crippen LogP contribution >= 0.6 is 0 Å². The number of carbonyl (C=O) groups excluding carboxylic acids is 3. The largest absolute Gasteiger partial charge is 0.465 e. The Morgan fingerprint density at radius 1 is 1.23 bits per heavy atom. The summed E-state index contributed by atoms with van der Waals surface area (Å²) < 4.78 is 28.2. The van der Waals surface area contributed by atoms with Gasteiger partial charge in [0.2, 0.25) is 11.2 Å². The van der Waals surface area contributed by atoms with Crippen molar-refractivity contribution in [2.45, 2.75) is 19.1 Å². The third-order valence-corrected chi connectivity index (χ3v) is 3.93. The molecule has 8 heteroatoms. The van der Waals surface area contributed by atoms with Crippen LogP contribution in [0.25, 0.3) is 0 Å². The van der Waals surface area contributed by atoms with Gasteiger partial charge in [-0.3, -0.25) is 14.4 Å². The number of ketones is 1. The van der Waals surface area contributed by atoms with Crippen LogP contribution in [0, 0.1) is 0 Å². The van der Waals surface area contributed by atoms with Crippen LogP contribution in [0.3, 0.4) is 0 Å². The fraction of sp³-hybridized carbons (Fsp3) is 0.357. The second-order valence-electron chi connectivity index (χ2n) is 4.55. The first kappa shape index (κ1) is 17.8. The zero-order valence-corrected chi connectivity index (χ0v) is 13.3. The minimum absolute atomic E-state index is 0.0501. The Hall–Kier alpha value is -2.22. The molecule has 1 amide bonds. The minimum atomic E-state index is -4.02. The fourth-order valence-electron chi connectivity index (χ4n) is 1.83. The van der Waals surface area contributed by atoms with Gasteiger partial charge < -0.3 is 10.1 Å². The minimum Gasteiger partial charge on any atom is -0.465 e. The Morgan fingerprint density at radius 3 is 2.32 bits per heavy atom. The first-order valence-electron chi connectivity index (χ1n) is 6.44. The van der Waals surface area contributed by atoms with Gasteiger partial charge in [-0.25, -0.2) is 8.42 Å². The van der Waals surface area contributed by atoms with Crippen molar-refractivity contribution in [3.8, 4) is 0 Å². The molecule has 1 aromatic carbocycles. The van der Waals surface area contributed by atoms with E-state index in [0.717, 1.165) is 6.26 Å². The summed E-state index contributed by atoms with van der Waals surface area (Å²) in [5.74, 6) is -2.50. The van der Waals surface area contributed by atoms with E-state index < -0.39 is 32.7 Å². The molecule has 0 aromatic heterocycles. The number of rotatable bonds is 6. The van der Waals surface area contributed by atoms with Crippen molar-refractivity contribution in [2.24, 2.45) is 0 Å². The van der Waals surface area contributed by atoms with Gasteiger partial charge in [-0.2, -0.15) is 0 Å². The Morgan fingerprint density at radius 2 is 1.82 bits per heavy atom. The van der Waals surface area contributed by atoms with Gasteiger partial charge in [-0.1, -0.05) is 12.1 Å². The second-order valence-corrected chi connectivity index (χ2v) is 6.68. The van der Waals surface area contributed by atoms with Gasteiger partial charge in [-0.05, 0) is 19.1 Å². The van der Waals surface area contributed by atoms with E-state index in [-0.39, 0.29) is 17.9 Å². The van der Waals surface area contributed by atoms with Gasteiger partial charge >= 0.3 is 5.97 Å². The first-order valence-corrected chi connectivity index (χ1v) is 8.40. The summed E-state index contributed by atoms with van der Waals surface area (Å²) in [6, 6.07) is 5.86. The molecule has 0 radical (unpaired) electrons. The van der Waals surface area contributed by atoms with Gasteiger partial charge in [0.05, 0.1) is 12.3 Å². The van der Waals surface area contributed by atoms with Crippen molar-refractivity contribution in [3.63, 3.8) is 0 Å². The molecule has 1 aromatic rings. The zero-order chi connectivity index (χ0) is 16.9. The normalized spacial score (nSPS) is 12.3. The summed E-state index contributed by atoms with van der Waals surface area (Å²) in [5.41, 5.74) is 0.0686. The lowest BCUT2D eigenvalue weighted by atomic mass is 10.1. The predicted octanol–water partition coefficient (Wildman–Crippen LogP) is 0.804. The average Bonchev–Trinajstić information content (AvgIpc) is 2.37. The number of benzene rings is 1. The van der Waals surface area contributed by atoms with Crippen LogP contribution in [0.2, 0.25) is 0 Å². The Kier molecular flexibility index (Phi) is 5.81. The van der Waals surface area contributed by atoms with Gasteiger partial charge in [0, 0.05) is 18.7 Å². The zero-order valence-electron chi connectivity index (χ0n) is 12.5. The molecule has 1 atom stereocenters. The van der Waals surface area contributed by atoms with E-state index in [0.29, 0.717) is 0 Å². The summed E-state index contributed by atoms with van der Waals surface area (Å²) in [6.45, 7) is 2.71. The Labute approximate surface area is 128 Å². The number of sulfone groups is 1. The number of Topliss-reactive ketones (excluding diaryl/α,β-unsaturated/α-hetero) is 1. The van der Waals surface area contributed by atoms with E-state index in [9.17, 15) is 22.8 Å². The van der Waals surface area contributed by atoms with Gasteiger partial charge in [0.1, 0.15) is 0 Å². The van der Waals surface area contributed by atoms with Crippen LogP contribution in [-0.4, -0.2) is 44.2 Å². The highest BCUT2D eigenvalue weighted by atomic mass is 32.2. The number of esters is 1. The van der Waals surface area contributed by atoms with Crippen LogP contribution in [-0.2, 0) is 24.2 Å². The van der Waals surface area contributed by atoms with Crippen LogP contribution in [0.4, 0.5) is 5.69 Å². The number of amides is 1. The standard InChI is InChI=1S/C14H17NO6S/c1-4-21-14(18)13(22(3,19)20)12(17)10-7-5-6-8-11(10)15-9(2)16/h5-8,13H,4H2,1-3H3,(H,15,16). The summed E-state index contributed by atoms with van der Waals surface area (Å²) in [6.07, 6.45) is 0.785. The molecule has 0 spiro atoms. The quantitative estimate of drug-likeness (QED) is 0.470. The van der Waals surface area contributed by atoms with Crippen molar-refractivity contribution in [1.29, 1.82) is 0 Å². The number of hydrogen-bond donors (Lipinski definition) is 1. The molecular formula is C14H17NO6S. The molecule has 0 saturated carbocycles. The molecule has 1 N–H and O–H groups in total. The van der Waals surface area contributed by atoms with Crippen molar-refractivity contribution in [2.75, 3.05) is 18.2 Å². The third-order valence-electron chi connectivity index (χ3n) is 2.67. The van der Waals surface area contributed by atoms with Crippen LogP contribution < -0.4 is 5.32 Å². The van der Waals surface area contributed by atoms with E-state index in [1.807, 2.05) is 0 Å². The van der Waals surface area contributed by atoms with Crippen LogP contribution in [0.5, 0.6) is 0 Å². The van der Waals surface area contributed by atoms with E-state index in [2.05, 4.69) is 10.1 Å². The number of anilines is 1. The van der Waals surface area contributed by atoms with E-state index in [1.54, 1.807) is 6.07 Å². The van der Waals surface area contributed by atoms with Crippen LogP contribution in [0.1, 0.15) is 24.2 Å². The SMILES string of the molecule is CCOC(=O)C(C(=O)c1ccccc1NC(C)=O)S(C)(=O)=O. The van der Waals surface area contributed by atoms with E-state index in [1.165, 1.54) is 32.0 Å². The predicted molar refractivity (Wildman–Crippen MR) is 80.3 cm³/mol. The summed E-state index contributed by atoms with van der Waals surface area (Å²) >= 11 is 0. The molecule has 0 saturated heterocycles. The highest BCUT2D eigenvalue weighted by molar-refractivity contribution is 7.92. The monoisotopic (exact) mass is 327 g/mol. The van der Waals surface area contributed by atoms with Gasteiger partial charge in [-0.15, -0.1) is 0 Å². The van der Waals surface area contributed by atoms with Crippen molar-refractivity contribution < 1.29 is 27.5 Å².